The van der Waals surface area contributed by atoms with Gasteiger partial charge in [-0.2, -0.15) is 17.6 Å². The topological polar surface area (TPSA) is 116 Å². The zero-order chi connectivity index (χ0) is 25.8. The predicted molar refractivity (Wildman–Crippen MR) is 120 cm³/mol. The van der Waals surface area contributed by atoms with Crippen LogP contribution in [0.15, 0.2) is 58.8 Å². The third kappa shape index (κ3) is 6.82. The van der Waals surface area contributed by atoms with Crippen LogP contribution in [0.2, 0.25) is 0 Å². The first-order valence-electron chi connectivity index (χ1n) is 9.84. The third-order valence-corrected chi connectivity index (χ3v) is 5.07. The highest BCUT2D eigenvalue weighted by atomic mass is 32.2. The fourth-order valence-corrected chi connectivity index (χ4v) is 3.54. The summed E-state index contributed by atoms with van der Waals surface area (Å²) in [4.78, 5) is 16.3. The van der Waals surface area contributed by atoms with Crippen molar-refractivity contribution in [2.24, 2.45) is 4.40 Å². The van der Waals surface area contributed by atoms with Gasteiger partial charge >= 0.3 is 6.18 Å². The number of sulfonamides is 1. The molecule has 0 fully saturated rings. The van der Waals surface area contributed by atoms with E-state index in [1.165, 1.54) is 50.6 Å². The number of alkyl halides is 3. The fourth-order valence-electron chi connectivity index (χ4n) is 2.99. The number of hydrogen-bond acceptors (Lipinski definition) is 7. The molecule has 2 aromatic rings. The molecular weight excluding hydrogens is 491 g/mol. The average molecular weight is 511 g/mol. The van der Waals surface area contributed by atoms with Gasteiger partial charge in [0.2, 0.25) is 10.0 Å². The molecule has 0 atom stereocenters. The van der Waals surface area contributed by atoms with Gasteiger partial charge in [-0.1, -0.05) is 6.08 Å². The minimum Gasteiger partial charge on any atom is -0.497 e. The van der Waals surface area contributed by atoms with Crippen LogP contribution in [0.25, 0.3) is 0 Å². The van der Waals surface area contributed by atoms with Gasteiger partial charge in [0.1, 0.15) is 22.8 Å². The van der Waals surface area contributed by atoms with E-state index in [1.807, 2.05) is 0 Å². The van der Waals surface area contributed by atoms with Gasteiger partial charge in [-0.3, -0.25) is 9.78 Å². The van der Waals surface area contributed by atoms with Crippen LogP contribution in [0.4, 0.5) is 13.2 Å². The van der Waals surface area contributed by atoms with Gasteiger partial charge in [-0.05, 0) is 24.3 Å². The van der Waals surface area contributed by atoms with Crippen molar-refractivity contribution >= 4 is 21.6 Å². The summed E-state index contributed by atoms with van der Waals surface area (Å²) >= 11 is 0. The number of hydrogen-bond donors (Lipinski definition) is 1. The summed E-state index contributed by atoms with van der Waals surface area (Å²) in [7, 11) is -0.897. The van der Waals surface area contributed by atoms with Gasteiger partial charge < -0.3 is 19.5 Å². The number of halogens is 3. The fraction of sp³-hybridized carbons (Fsp3) is 0.227. The maximum Gasteiger partial charge on any atom is 0.433 e. The van der Waals surface area contributed by atoms with Gasteiger partial charge in [-0.25, -0.2) is 8.42 Å². The normalized spacial score (nSPS) is 14.9. The second-order valence-corrected chi connectivity index (χ2v) is 8.83. The molecule has 1 aliphatic carbocycles. The predicted octanol–water partition coefficient (Wildman–Crippen LogP) is 3.88. The first-order valence-corrected chi connectivity index (χ1v) is 11.7. The van der Waals surface area contributed by atoms with Crippen molar-refractivity contribution in [2.45, 2.75) is 12.6 Å². The molecule has 0 bridgehead atoms. The number of allylic oxidation sites excluding steroid dienone is 4. The molecule has 0 radical (unpaired) electrons. The Balaban J connectivity index is 1.95. The summed E-state index contributed by atoms with van der Waals surface area (Å²) in [5.41, 5.74) is -1.12. The third-order valence-electron chi connectivity index (χ3n) is 4.51. The molecule has 35 heavy (non-hydrogen) atoms. The second kappa shape index (κ2) is 10.2. The van der Waals surface area contributed by atoms with Crippen LogP contribution >= 0.6 is 0 Å². The number of carbonyl (C=O) groups is 1. The van der Waals surface area contributed by atoms with E-state index >= 15 is 0 Å². The Hall–Kier alpha value is -3.87. The van der Waals surface area contributed by atoms with E-state index in [0.29, 0.717) is 11.8 Å². The molecule has 13 heteroatoms. The van der Waals surface area contributed by atoms with Crippen molar-refractivity contribution in [1.29, 1.82) is 0 Å². The molecule has 0 saturated heterocycles. The monoisotopic (exact) mass is 511 g/mol. The van der Waals surface area contributed by atoms with Crippen molar-refractivity contribution in [1.82, 2.24) is 10.3 Å². The molecule has 0 aliphatic heterocycles. The van der Waals surface area contributed by atoms with Crippen molar-refractivity contribution in [3.63, 3.8) is 0 Å². The number of aromatic nitrogens is 1. The highest BCUT2D eigenvalue weighted by molar-refractivity contribution is 7.89. The lowest BCUT2D eigenvalue weighted by atomic mass is 10.1. The smallest absolute Gasteiger partial charge is 0.433 e. The molecule has 9 nitrogen and oxygen atoms in total. The van der Waals surface area contributed by atoms with Crippen LogP contribution in [-0.4, -0.2) is 45.5 Å². The number of amides is 1. The largest absolute Gasteiger partial charge is 0.497 e. The molecule has 1 heterocycles. The highest BCUT2D eigenvalue weighted by Crippen LogP contribution is 2.38. The minimum absolute atomic E-state index is 0.0220. The SMILES string of the molecule is COc1ccc(Oc2cc(C(F)(F)F)ncc2C(=O)NC2=CC=CC(=NS(C)(=O)=O)C2)c(OC)c1. The van der Waals surface area contributed by atoms with Crippen molar-refractivity contribution in [2.75, 3.05) is 20.5 Å². The van der Waals surface area contributed by atoms with Crippen molar-refractivity contribution in [3.05, 3.63) is 65.6 Å². The summed E-state index contributed by atoms with van der Waals surface area (Å²) in [6.07, 6.45) is 1.30. The first-order chi connectivity index (χ1) is 16.4. The van der Waals surface area contributed by atoms with Crippen molar-refractivity contribution in [3.8, 4) is 23.0 Å². The van der Waals surface area contributed by atoms with E-state index in [0.717, 1.165) is 12.5 Å². The second-order valence-electron chi connectivity index (χ2n) is 7.18. The number of carbonyl (C=O) groups excluding carboxylic acids is 1. The van der Waals surface area contributed by atoms with E-state index in [1.54, 1.807) is 0 Å². The Kier molecular flexibility index (Phi) is 7.48. The molecule has 0 saturated carbocycles. The average Bonchev–Trinajstić information content (AvgIpc) is 2.77. The molecule has 3 rings (SSSR count). The first kappa shape index (κ1) is 25.7. The number of pyridine rings is 1. The Morgan fingerprint density at radius 1 is 1.11 bits per heavy atom. The summed E-state index contributed by atoms with van der Waals surface area (Å²) < 4.78 is 82.2. The van der Waals surface area contributed by atoms with Gasteiger partial charge in [0.05, 0.1) is 26.2 Å². The lowest BCUT2D eigenvalue weighted by Crippen LogP contribution is -2.26. The van der Waals surface area contributed by atoms with Crippen molar-refractivity contribution < 1.29 is 40.6 Å². The zero-order valence-electron chi connectivity index (χ0n) is 18.7. The molecule has 1 aromatic heterocycles. The summed E-state index contributed by atoms with van der Waals surface area (Å²) in [6.45, 7) is 0. The Morgan fingerprint density at radius 3 is 2.49 bits per heavy atom. The van der Waals surface area contributed by atoms with Gasteiger partial charge in [-0.15, -0.1) is 0 Å². The lowest BCUT2D eigenvalue weighted by Gasteiger charge is -2.17. The number of rotatable bonds is 7. The molecule has 186 valence electrons. The van der Waals surface area contributed by atoms with E-state index < -0.39 is 33.6 Å². The van der Waals surface area contributed by atoms with E-state index in [9.17, 15) is 26.4 Å². The van der Waals surface area contributed by atoms with Crippen LogP contribution in [0.1, 0.15) is 22.5 Å². The highest BCUT2D eigenvalue weighted by Gasteiger charge is 2.34. The van der Waals surface area contributed by atoms with E-state index in [4.69, 9.17) is 14.2 Å². The summed E-state index contributed by atoms with van der Waals surface area (Å²) in [5.74, 6) is -0.646. The maximum absolute atomic E-state index is 13.3. The molecule has 0 spiro atoms. The van der Waals surface area contributed by atoms with Crippen LogP contribution in [0.5, 0.6) is 23.0 Å². The van der Waals surface area contributed by atoms with Crippen LogP contribution < -0.4 is 19.5 Å². The summed E-state index contributed by atoms with van der Waals surface area (Å²) in [6, 6.07) is 4.98. The standard InChI is InChI=1S/C22H20F3N3O6S/c1-32-15-7-8-17(19(10-15)33-2)34-18-11-20(22(23,24)25)26-12-16(18)21(29)27-13-5-4-6-14(9-13)28-35(3,30)31/h4-8,10-12H,9H2,1-3H3,(H,27,29). The number of ether oxygens (including phenoxy) is 3. The van der Waals surface area contributed by atoms with Gasteiger partial charge in [0.25, 0.3) is 5.91 Å². The Labute approximate surface area is 199 Å². The molecule has 1 N–H and O–H groups in total. The number of benzene rings is 1. The number of methoxy groups -OCH3 is 2. The maximum atomic E-state index is 13.3. The van der Waals surface area contributed by atoms with E-state index in [2.05, 4.69) is 14.7 Å². The van der Waals surface area contributed by atoms with Gasteiger partial charge in [0, 0.05) is 30.4 Å². The zero-order valence-corrected chi connectivity index (χ0v) is 19.5. The van der Waals surface area contributed by atoms with E-state index in [-0.39, 0.29) is 34.9 Å². The number of nitrogens with zero attached hydrogens (tertiary/aromatic N) is 2. The molecular formula is C22H20F3N3O6S. The van der Waals surface area contributed by atoms with Crippen LogP contribution in [-0.2, 0) is 16.2 Å². The molecule has 0 unspecified atom stereocenters. The lowest BCUT2D eigenvalue weighted by molar-refractivity contribution is -0.141. The Morgan fingerprint density at radius 2 is 1.86 bits per heavy atom. The van der Waals surface area contributed by atoms with Crippen LogP contribution in [0.3, 0.4) is 0 Å². The quantitative estimate of drug-likeness (QED) is 0.600. The summed E-state index contributed by atoms with van der Waals surface area (Å²) in [5, 5.41) is 2.52. The molecule has 1 amide bonds. The van der Waals surface area contributed by atoms with Crippen LogP contribution in [0, 0.1) is 0 Å². The molecule has 1 aliphatic rings. The number of nitrogens with one attached hydrogen (secondary N) is 1. The minimum atomic E-state index is -4.79. The molecule has 1 aromatic carbocycles. The Bertz CT molecular complexity index is 1330. The van der Waals surface area contributed by atoms with Gasteiger partial charge in [0.15, 0.2) is 11.5 Å².